The number of nitrogens with two attached hydrogens (primary N) is 1. The van der Waals surface area contributed by atoms with Crippen LogP contribution in [-0.2, 0) is 50.7 Å². The highest BCUT2D eigenvalue weighted by Crippen LogP contribution is 2.61. The fraction of sp³-hybridized carbons (Fsp3) is 0.467. The molecule has 2 aromatic heterocycles. The fourth-order valence-corrected chi connectivity index (χ4v) is 8.54. The molecule has 7 atom stereocenters. The molecule has 0 bridgehead atoms. The quantitative estimate of drug-likeness (QED) is 0.0296. The third kappa shape index (κ3) is 14.2. The van der Waals surface area contributed by atoms with Crippen molar-refractivity contribution in [3.8, 4) is 0 Å². The van der Waals surface area contributed by atoms with Crippen molar-refractivity contribution in [2.24, 2.45) is 5.41 Å². The molecule has 11 N–H and O–H groups in total. The van der Waals surface area contributed by atoms with Gasteiger partial charge in [0, 0.05) is 30.7 Å². The lowest BCUT2D eigenvalue weighted by atomic mass is 9.87. The first kappa shape index (κ1) is 48.0. The number of anilines is 1. The highest BCUT2D eigenvalue weighted by atomic mass is 32.2. The molecule has 1 aromatic carbocycles. The Morgan fingerprint density at radius 1 is 1.03 bits per heavy atom. The molecule has 0 radical (unpaired) electrons. The number of ether oxygens (including phenoxy) is 1. The van der Waals surface area contributed by atoms with Crippen LogP contribution in [0.25, 0.3) is 17.2 Å². The van der Waals surface area contributed by atoms with E-state index in [1.807, 2.05) is 0 Å². The summed E-state index contributed by atoms with van der Waals surface area (Å²) in [6.45, 7) is 0.220. The van der Waals surface area contributed by atoms with E-state index in [0.29, 0.717) is 5.56 Å². The highest BCUT2D eigenvalue weighted by molar-refractivity contribution is 8.14. The minimum absolute atomic E-state index is 0.0226. The number of aliphatic hydroxyl groups is 3. The molecule has 0 spiro atoms. The number of amides is 2. The van der Waals surface area contributed by atoms with Gasteiger partial charge in [-0.1, -0.05) is 55.9 Å². The lowest BCUT2D eigenvalue weighted by Crippen LogP contribution is -2.46. The molecule has 2 amide bonds. The molecule has 4 rings (SSSR count). The number of nitrogens with zero attached hydrogens (tertiary/aromatic N) is 4. The maximum atomic E-state index is 12.7. The average Bonchev–Trinajstić information content (AvgIpc) is 3.71. The largest absolute Gasteiger partial charge is 0.504 e. The number of benzene rings is 1. The van der Waals surface area contributed by atoms with E-state index in [1.165, 1.54) is 19.9 Å². The zero-order valence-electron chi connectivity index (χ0n) is 31.0. The van der Waals surface area contributed by atoms with E-state index in [0.717, 1.165) is 29.0 Å². The summed E-state index contributed by atoms with van der Waals surface area (Å²) in [7, 11) is -16.4. The summed E-state index contributed by atoms with van der Waals surface area (Å²) in [6, 6.07) is 8.67. The van der Waals surface area contributed by atoms with Crippen molar-refractivity contribution >= 4 is 75.2 Å². The molecular weight excluding hydrogens is 871 g/mol. The Morgan fingerprint density at radius 3 is 2.39 bits per heavy atom. The zero-order chi connectivity index (χ0) is 43.8. The second-order valence-corrected chi connectivity index (χ2v) is 18.4. The predicted octanol–water partition coefficient (Wildman–Crippen LogP) is 0.264. The number of nitrogen functional groups attached to an aromatic ring is 1. The Labute approximate surface area is 338 Å². The van der Waals surface area contributed by atoms with Gasteiger partial charge in [-0.3, -0.25) is 32.5 Å². The SMILES string of the molecule is CC(C)(COP(=O)(O)OP(=O)(O)OC[C@H]1O[C@@H](n2cnc3c(N)ncnc32)[C@H](O)[C@@H]1OP(=O)(O)O)C(O)C(=O)NCCC(=O)NCCSC(=O)C(O)=Cc1ccccc1. The number of thioether (sulfide) groups is 1. The van der Waals surface area contributed by atoms with Crippen LogP contribution in [-0.4, -0.2) is 128 Å². The molecule has 3 unspecified atom stereocenters. The van der Waals surface area contributed by atoms with Crippen molar-refractivity contribution < 1.29 is 85.6 Å². The van der Waals surface area contributed by atoms with Gasteiger partial charge >= 0.3 is 23.5 Å². The summed E-state index contributed by atoms with van der Waals surface area (Å²) in [6.07, 6.45) is -5.76. The molecular formula is C30H42N7O18P3S. The fourth-order valence-electron chi connectivity index (χ4n) is 5.11. The Hall–Kier alpha value is -3.68. The third-order valence-electron chi connectivity index (χ3n) is 8.05. The maximum absolute atomic E-state index is 12.7. The van der Waals surface area contributed by atoms with Gasteiger partial charge in [-0.25, -0.2) is 28.6 Å². The van der Waals surface area contributed by atoms with Gasteiger partial charge in [-0.15, -0.1) is 0 Å². The molecule has 3 heterocycles. The Morgan fingerprint density at radius 2 is 1.71 bits per heavy atom. The van der Waals surface area contributed by atoms with E-state index < -0.39 is 95.4 Å². The molecule has 0 aliphatic carbocycles. The van der Waals surface area contributed by atoms with Crippen molar-refractivity contribution in [3.63, 3.8) is 0 Å². The van der Waals surface area contributed by atoms with Gasteiger partial charge in [-0.2, -0.15) is 4.31 Å². The summed E-state index contributed by atoms with van der Waals surface area (Å²) in [5, 5.41) is 35.7. The number of carbonyl (C=O) groups excluding carboxylic acids is 3. The van der Waals surface area contributed by atoms with Crippen molar-refractivity contribution in [1.29, 1.82) is 0 Å². The number of nitrogens with one attached hydrogen (secondary N) is 2. The molecule has 25 nitrogen and oxygen atoms in total. The van der Waals surface area contributed by atoms with Crippen molar-refractivity contribution in [2.75, 3.05) is 37.8 Å². The van der Waals surface area contributed by atoms with Gasteiger partial charge < -0.3 is 56.0 Å². The predicted molar refractivity (Wildman–Crippen MR) is 204 cm³/mol. The van der Waals surface area contributed by atoms with Crippen LogP contribution in [0.1, 0.15) is 32.1 Å². The second kappa shape index (κ2) is 20.3. The lowest BCUT2D eigenvalue weighted by molar-refractivity contribution is -0.137. The monoisotopic (exact) mass is 913 g/mol. The second-order valence-electron chi connectivity index (χ2n) is 13.1. The number of aliphatic hydroxyl groups excluding tert-OH is 3. The molecule has 3 aromatic rings. The summed E-state index contributed by atoms with van der Waals surface area (Å²) in [4.78, 5) is 87.8. The molecule has 0 saturated carbocycles. The topological polar surface area (TPSA) is 384 Å². The van der Waals surface area contributed by atoms with E-state index in [9.17, 15) is 63.0 Å². The average molecular weight is 914 g/mol. The number of phosphoric acid groups is 3. The summed E-state index contributed by atoms with van der Waals surface area (Å²) < 4.78 is 62.1. The Balaban J connectivity index is 1.21. The lowest BCUT2D eigenvalue weighted by Gasteiger charge is -2.30. The van der Waals surface area contributed by atoms with E-state index in [4.69, 9.17) is 19.5 Å². The van der Waals surface area contributed by atoms with Crippen LogP contribution in [0.15, 0.2) is 48.7 Å². The number of carbonyl (C=O) groups is 3. The smallest absolute Gasteiger partial charge is 0.481 e. The van der Waals surface area contributed by atoms with Crippen LogP contribution in [0.2, 0.25) is 0 Å². The van der Waals surface area contributed by atoms with Gasteiger partial charge in [0.25, 0.3) is 5.12 Å². The van der Waals surface area contributed by atoms with Crippen LogP contribution in [0.4, 0.5) is 5.82 Å². The summed E-state index contributed by atoms with van der Waals surface area (Å²) in [5.74, 6) is -1.89. The van der Waals surface area contributed by atoms with Crippen molar-refractivity contribution in [3.05, 3.63) is 54.3 Å². The number of imidazole rings is 1. The van der Waals surface area contributed by atoms with Crippen molar-refractivity contribution in [2.45, 2.75) is 50.9 Å². The Kier molecular flexibility index (Phi) is 16.5. The first-order valence-electron chi connectivity index (χ1n) is 17.0. The van der Waals surface area contributed by atoms with Crippen LogP contribution >= 0.6 is 35.2 Å². The van der Waals surface area contributed by atoms with E-state index in [2.05, 4.69) is 34.4 Å². The summed E-state index contributed by atoms with van der Waals surface area (Å²) >= 11 is 0.779. The van der Waals surface area contributed by atoms with Crippen molar-refractivity contribution in [1.82, 2.24) is 30.2 Å². The molecule has 1 aliphatic rings. The minimum atomic E-state index is -5.59. The molecule has 59 heavy (non-hydrogen) atoms. The maximum Gasteiger partial charge on any atom is 0.481 e. The number of phosphoric ester groups is 3. The van der Waals surface area contributed by atoms with E-state index in [1.54, 1.807) is 30.3 Å². The van der Waals surface area contributed by atoms with E-state index >= 15 is 0 Å². The highest BCUT2D eigenvalue weighted by Gasteiger charge is 2.50. The zero-order valence-corrected chi connectivity index (χ0v) is 34.5. The minimum Gasteiger partial charge on any atom is -0.504 e. The molecule has 1 saturated heterocycles. The van der Waals surface area contributed by atoms with Gasteiger partial charge in [-0.05, 0) is 11.6 Å². The number of hydrogen-bond acceptors (Lipinski definition) is 19. The number of hydrogen-bond donors (Lipinski definition) is 10. The van der Waals surface area contributed by atoms with Gasteiger partial charge in [0.2, 0.25) is 11.8 Å². The molecule has 29 heteroatoms. The van der Waals surface area contributed by atoms with Gasteiger partial charge in [0.15, 0.2) is 23.5 Å². The van der Waals surface area contributed by atoms with Gasteiger partial charge in [0.05, 0.1) is 19.5 Å². The third-order valence-corrected chi connectivity index (χ3v) is 12.0. The van der Waals surface area contributed by atoms with Gasteiger partial charge in [0.1, 0.15) is 36.3 Å². The molecule has 1 aliphatic heterocycles. The van der Waals surface area contributed by atoms with Crippen LogP contribution in [0.5, 0.6) is 0 Å². The Bertz CT molecular complexity index is 2140. The van der Waals surface area contributed by atoms with E-state index in [-0.39, 0.29) is 42.2 Å². The number of rotatable bonds is 21. The first-order chi connectivity index (χ1) is 27.5. The van der Waals surface area contributed by atoms with Crippen LogP contribution < -0.4 is 16.4 Å². The van der Waals surface area contributed by atoms with Crippen LogP contribution in [0, 0.1) is 5.41 Å². The first-order valence-corrected chi connectivity index (χ1v) is 22.5. The number of aromatic nitrogens is 4. The normalized spacial score (nSPS) is 21.4. The summed E-state index contributed by atoms with van der Waals surface area (Å²) in [5.41, 5.74) is 4.84. The van der Waals surface area contributed by atoms with Crippen LogP contribution in [0.3, 0.4) is 0 Å². The molecule has 1 fully saturated rings. The standard InChI is InChI=1S/C30H42N7O18P3S/c1-30(2,24(41)27(42)33-9-8-20(39)32-10-11-59-29(43)18(38)12-17-6-4-3-5-7-17)14-52-58(49,50)55-57(47,48)51-13-19-23(54-56(44,45)46)22(40)28(53-19)37-16-36-21-25(31)34-15-35-26(21)37/h3-7,12,15-16,19,22-24,28,38,40-41H,8-11,13-14H2,1-2H3,(H,32,39)(H,33,42)(H,47,48)(H,49,50)(H2,31,34,35)(H2,44,45,46)/t19-,22-,23-,24?,28-/m1/s1. The number of fused-ring (bicyclic) bond motifs is 1. The molecule has 326 valence electrons.